The van der Waals surface area contributed by atoms with Crippen LogP contribution in [-0.2, 0) is 20.9 Å². The van der Waals surface area contributed by atoms with Crippen LogP contribution in [0.3, 0.4) is 0 Å². The van der Waals surface area contributed by atoms with Gasteiger partial charge in [-0.3, -0.25) is 19.7 Å². The van der Waals surface area contributed by atoms with Crippen molar-refractivity contribution in [2.75, 3.05) is 43.0 Å². The van der Waals surface area contributed by atoms with Crippen LogP contribution in [0.25, 0.3) is 10.9 Å². The van der Waals surface area contributed by atoms with Gasteiger partial charge in [0.15, 0.2) is 0 Å². The number of benzene rings is 2. The molecule has 3 N–H and O–H groups in total. The van der Waals surface area contributed by atoms with Crippen LogP contribution >= 0.6 is 0 Å². The van der Waals surface area contributed by atoms with E-state index < -0.39 is 17.4 Å². The smallest absolute Gasteiger partial charge is 0.261 e. The van der Waals surface area contributed by atoms with E-state index in [0.29, 0.717) is 47.9 Å². The fraction of sp³-hybridized carbons (Fsp3) is 0.529. The highest BCUT2D eigenvalue weighted by atomic mass is 19.1. The van der Waals surface area contributed by atoms with E-state index in [9.17, 15) is 18.8 Å². The molecule has 0 spiro atoms. The van der Waals surface area contributed by atoms with Crippen molar-refractivity contribution >= 4 is 34.1 Å². The van der Waals surface area contributed by atoms with Crippen molar-refractivity contribution in [1.29, 1.82) is 0 Å². The zero-order valence-electron chi connectivity index (χ0n) is 26.2. The predicted molar refractivity (Wildman–Crippen MR) is 171 cm³/mol. The summed E-state index contributed by atoms with van der Waals surface area (Å²) in [6.07, 6.45) is 6.46. The average Bonchev–Trinajstić information content (AvgIpc) is 3.89. The van der Waals surface area contributed by atoms with Crippen LogP contribution in [0.15, 0.2) is 35.1 Å². The molecule has 3 aromatic rings. The number of ether oxygens (including phenoxy) is 2. The zero-order valence-corrected chi connectivity index (χ0v) is 26.2. The molecular weight excluding hydrogens is 610 g/mol. The van der Waals surface area contributed by atoms with Crippen molar-refractivity contribution in [3.63, 3.8) is 0 Å². The third-order valence-electron chi connectivity index (χ3n) is 9.75. The quantitative estimate of drug-likeness (QED) is 0.280. The Morgan fingerprint density at radius 1 is 0.915 bits per heavy atom. The van der Waals surface area contributed by atoms with Gasteiger partial charge in [-0.1, -0.05) is 0 Å². The minimum Gasteiger partial charge on any atom is -0.493 e. The maximum atomic E-state index is 15.1. The highest BCUT2D eigenvalue weighted by Gasteiger charge is 2.30. The Bertz CT molecular complexity index is 1700. The molecule has 2 amide bonds. The molecule has 4 aliphatic rings. The Hall–Kier alpha value is -4.10. The standard InChI is InChI=1S/C34H40F2N6O5/c35-25-15-21(37-27-4-6-31(43)40-33(27)44)3-5-29(25)42-11-7-22(8-12-42)41-13-9-23(10-14-41)47-19-30-38-28-17-24(46-18-20-1-2-20)16-26(36)32(28)34(45)39-30/h3,5,15-17,20,22-23,27,37H,1-2,4,6-14,18-19H2,(H,38,39,45)(H,40,43,44). The number of halogens is 2. The monoisotopic (exact) mass is 650 g/mol. The van der Waals surface area contributed by atoms with Crippen molar-refractivity contribution < 1.29 is 27.8 Å². The Balaban J connectivity index is 0.872. The lowest BCUT2D eigenvalue weighted by atomic mass is 9.98. The number of nitrogens with zero attached hydrogens (tertiary/aromatic N) is 3. The molecule has 1 saturated carbocycles. The number of hydrogen-bond donors (Lipinski definition) is 3. The van der Waals surface area contributed by atoms with E-state index in [1.807, 2.05) is 0 Å². The zero-order chi connectivity index (χ0) is 32.5. The van der Waals surface area contributed by atoms with Crippen LogP contribution in [0, 0.1) is 17.6 Å². The lowest BCUT2D eigenvalue weighted by Gasteiger charge is -2.42. The molecule has 0 radical (unpaired) electrons. The number of piperidine rings is 3. The topological polar surface area (TPSA) is 129 Å². The van der Waals surface area contributed by atoms with Crippen molar-refractivity contribution in [2.24, 2.45) is 5.92 Å². The van der Waals surface area contributed by atoms with E-state index in [1.165, 1.54) is 12.1 Å². The van der Waals surface area contributed by atoms with Gasteiger partial charge in [0.2, 0.25) is 11.8 Å². The molecule has 0 bridgehead atoms. The van der Waals surface area contributed by atoms with Gasteiger partial charge in [-0.2, -0.15) is 0 Å². The molecule has 4 heterocycles. The molecule has 4 fully saturated rings. The minimum absolute atomic E-state index is 0.0266. The summed E-state index contributed by atoms with van der Waals surface area (Å²) in [4.78, 5) is 47.8. The summed E-state index contributed by atoms with van der Waals surface area (Å²) in [5, 5.41) is 5.27. The fourth-order valence-corrected chi connectivity index (χ4v) is 6.86. The Kier molecular flexibility index (Phi) is 9.09. The summed E-state index contributed by atoms with van der Waals surface area (Å²) >= 11 is 0. The van der Waals surface area contributed by atoms with E-state index in [0.717, 1.165) is 64.7 Å². The largest absolute Gasteiger partial charge is 0.493 e. The van der Waals surface area contributed by atoms with Gasteiger partial charge in [0.1, 0.15) is 41.2 Å². The number of nitrogens with one attached hydrogen (secondary N) is 3. The number of amides is 2. The number of fused-ring (bicyclic) bond motifs is 1. The lowest BCUT2D eigenvalue weighted by Crippen LogP contribution is -2.49. The van der Waals surface area contributed by atoms with Gasteiger partial charge in [-0.25, -0.2) is 13.8 Å². The first-order chi connectivity index (χ1) is 22.8. The Labute approximate surface area is 271 Å². The number of anilines is 2. The van der Waals surface area contributed by atoms with Gasteiger partial charge in [0.05, 0.1) is 23.9 Å². The minimum atomic E-state index is -0.643. The van der Waals surface area contributed by atoms with Crippen molar-refractivity contribution in [1.82, 2.24) is 20.2 Å². The number of imide groups is 1. The predicted octanol–water partition coefficient (Wildman–Crippen LogP) is 3.86. The molecule has 7 rings (SSSR count). The number of carbonyl (C=O) groups is 2. The first-order valence-corrected chi connectivity index (χ1v) is 16.6. The molecule has 13 heteroatoms. The molecule has 3 aliphatic heterocycles. The molecule has 1 unspecified atom stereocenters. The van der Waals surface area contributed by atoms with Crippen LogP contribution in [0.4, 0.5) is 20.2 Å². The van der Waals surface area contributed by atoms with Gasteiger partial charge in [-0.15, -0.1) is 0 Å². The maximum Gasteiger partial charge on any atom is 0.261 e. The molecule has 2 aromatic carbocycles. The number of H-pyrrole nitrogens is 1. The van der Waals surface area contributed by atoms with Gasteiger partial charge >= 0.3 is 0 Å². The fourth-order valence-electron chi connectivity index (χ4n) is 6.86. The molecule has 250 valence electrons. The summed E-state index contributed by atoms with van der Waals surface area (Å²) in [7, 11) is 0. The highest BCUT2D eigenvalue weighted by Crippen LogP contribution is 2.31. The number of carbonyl (C=O) groups excluding carboxylic acids is 2. The van der Waals surface area contributed by atoms with E-state index in [1.54, 1.807) is 18.2 Å². The Morgan fingerprint density at radius 3 is 2.43 bits per heavy atom. The van der Waals surface area contributed by atoms with Crippen LogP contribution in [-0.4, -0.2) is 77.7 Å². The van der Waals surface area contributed by atoms with Crippen LogP contribution in [0.1, 0.15) is 57.2 Å². The first kappa shape index (κ1) is 31.5. The van der Waals surface area contributed by atoms with Crippen molar-refractivity contribution in [2.45, 2.75) is 76.2 Å². The number of aromatic nitrogens is 2. The van der Waals surface area contributed by atoms with Crippen molar-refractivity contribution in [3.05, 3.63) is 58.1 Å². The number of hydrogen-bond acceptors (Lipinski definition) is 9. The van der Waals surface area contributed by atoms with Crippen molar-refractivity contribution in [3.8, 4) is 5.75 Å². The number of rotatable bonds is 10. The summed E-state index contributed by atoms with van der Waals surface area (Å²) in [6.45, 7) is 3.94. The molecular formula is C34H40F2N6O5. The van der Waals surface area contributed by atoms with Gasteiger partial charge in [0, 0.05) is 56.5 Å². The summed E-state index contributed by atoms with van der Waals surface area (Å²) in [6, 6.07) is 7.67. The molecule has 11 nitrogen and oxygen atoms in total. The van der Waals surface area contributed by atoms with E-state index in [4.69, 9.17) is 9.47 Å². The molecule has 47 heavy (non-hydrogen) atoms. The highest BCUT2D eigenvalue weighted by molar-refractivity contribution is 6.01. The number of likely N-dealkylation sites (tertiary alicyclic amines) is 1. The van der Waals surface area contributed by atoms with E-state index in [-0.39, 0.29) is 47.7 Å². The molecule has 3 saturated heterocycles. The molecule has 1 atom stereocenters. The third kappa shape index (κ3) is 7.41. The van der Waals surface area contributed by atoms with E-state index >= 15 is 4.39 Å². The maximum absolute atomic E-state index is 15.1. The SMILES string of the molecule is O=C1CCC(Nc2ccc(N3CCC(N4CCC(OCc5nc6cc(OCC7CC7)cc(F)c6c(=O)[nH]5)CC4)CC3)c(F)c2)C(=O)N1. The lowest BCUT2D eigenvalue weighted by molar-refractivity contribution is -0.133. The van der Waals surface area contributed by atoms with Crippen LogP contribution in [0.2, 0.25) is 0 Å². The second kappa shape index (κ2) is 13.6. The third-order valence-corrected chi connectivity index (χ3v) is 9.75. The van der Waals surface area contributed by atoms with Gasteiger partial charge < -0.3 is 29.6 Å². The van der Waals surface area contributed by atoms with Crippen LogP contribution < -0.4 is 25.8 Å². The number of aromatic amines is 1. The normalized spacial score (nSPS) is 21.7. The second-order valence-corrected chi connectivity index (χ2v) is 13.1. The summed E-state index contributed by atoms with van der Waals surface area (Å²) in [5.74, 6) is -0.384. The average molecular weight is 651 g/mol. The summed E-state index contributed by atoms with van der Waals surface area (Å²) in [5.41, 5.74) is 0.800. The first-order valence-electron chi connectivity index (χ1n) is 16.6. The molecule has 1 aliphatic carbocycles. The summed E-state index contributed by atoms with van der Waals surface area (Å²) < 4.78 is 41.6. The van der Waals surface area contributed by atoms with E-state index in [2.05, 4.69) is 30.4 Å². The van der Waals surface area contributed by atoms with Crippen LogP contribution in [0.5, 0.6) is 5.75 Å². The second-order valence-electron chi connectivity index (χ2n) is 13.1. The Morgan fingerprint density at radius 2 is 1.70 bits per heavy atom. The molecule has 1 aromatic heterocycles. The van der Waals surface area contributed by atoms with Gasteiger partial charge in [0.25, 0.3) is 5.56 Å². The van der Waals surface area contributed by atoms with Gasteiger partial charge in [-0.05, 0) is 69.1 Å².